The number of amides is 2. The Morgan fingerprint density at radius 1 is 1.10 bits per heavy atom. The van der Waals surface area contributed by atoms with Crippen LogP contribution < -0.4 is 10.2 Å². The van der Waals surface area contributed by atoms with Gasteiger partial charge in [0.1, 0.15) is 5.82 Å². The van der Waals surface area contributed by atoms with Crippen molar-refractivity contribution >= 4 is 17.6 Å². The third-order valence-electron chi connectivity index (χ3n) is 5.32. The first-order valence-electron chi connectivity index (χ1n) is 10.5. The first-order chi connectivity index (χ1) is 14.7. The SMILES string of the molecule is CCCCNC(=O)c1ccc(CN2C(=O)CCn3nc(-c4ccccc4)cc32)cc1. The molecule has 0 spiro atoms. The molecule has 0 fully saturated rings. The monoisotopic (exact) mass is 402 g/mol. The minimum Gasteiger partial charge on any atom is -0.352 e. The molecular formula is C24H26N4O2. The van der Waals surface area contributed by atoms with Crippen molar-refractivity contribution in [2.24, 2.45) is 0 Å². The molecule has 0 atom stereocenters. The number of carbonyl (C=O) groups excluding carboxylic acids is 2. The third kappa shape index (κ3) is 4.27. The number of unbranched alkanes of at least 4 members (excludes halogenated alkanes) is 1. The largest absolute Gasteiger partial charge is 0.352 e. The van der Waals surface area contributed by atoms with Gasteiger partial charge in [-0.3, -0.25) is 14.5 Å². The van der Waals surface area contributed by atoms with E-state index in [9.17, 15) is 9.59 Å². The second-order valence-electron chi connectivity index (χ2n) is 7.51. The highest BCUT2D eigenvalue weighted by Crippen LogP contribution is 2.29. The molecule has 6 nitrogen and oxygen atoms in total. The summed E-state index contributed by atoms with van der Waals surface area (Å²) in [6.07, 6.45) is 2.45. The van der Waals surface area contributed by atoms with Gasteiger partial charge in [0.2, 0.25) is 5.91 Å². The molecule has 1 aromatic heterocycles. The van der Waals surface area contributed by atoms with Crippen LogP contribution in [0.15, 0.2) is 60.7 Å². The van der Waals surface area contributed by atoms with Crippen LogP contribution in [0.2, 0.25) is 0 Å². The van der Waals surface area contributed by atoms with Gasteiger partial charge in [-0.15, -0.1) is 0 Å². The molecule has 0 saturated heterocycles. The van der Waals surface area contributed by atoms with Crippen LogP contribution in [0.25, 0.3) is 11.3 Å². The van der Waals surface area contributed by atoms with Crippen molar-refractivity contribution in [3.8, 4) is 11.3 Å². The summed E-state index contributed by atoms with van der Waals surface area (Å²) in [7, 11) is 0. The van der Waals surface area contributed by atoms with Gasteiger partial charge in [-0.05, 0) is 24.1 Å². The van der Waals surface area contributed by atoms with E-state index in [0.29, 0.717) is 31.6 Å². The van der Waals surface area contributed by atoms with Gasteiger partial charge in [0.05, 0.1) is 18.8 Å². The Morgan fingerprint density at radius 3 is 2.60 bits per heavy atom. The minimum atomic E-state index is -0.0605. The highest BCUT2D eigenvalue weighted by Gasteiger charge is 2.26. The van der Waals surface area contributed by atoms with Gasteiger partial charge >= 0.3 is 0 Å². The Kier molecular flexibility index (Phi) is 5.93. The summed E-state index contributed by atoms with van der Waals surface area (Å²) < 4.78 is 1.90. The fourth-order valence-electron chi connectivity index (χ4n) is 3.60. The molecule has 0 unspecified atom stereocenters. The number of nitrogens with one attached hydrogen (secondary N) is 1. The fourth-order valence-corrected chi connectivity index (χ4v) is 3.60. The van der Waals surface area contributed by atoms with Crippen LogP contribution in [0, 0.1) is 0 Å². The van der Waals surface area contributed by atoms with Crippen LogP contribution in [0.4, 0.5) is 5.82 Å². The van der Waals surface area contributed by atoms with Crippen LogP contribution in [0.1, 0.15) is 42.1 Å². The first kappa shape index (κ1) is 19.9. The van der Waals surface area contributed by atoms with Crippen molar-refractivity contribution in [2.45, 2.75) is 39.3 Å². The van der Waals surface area contributed by atoms with E-state index < -0.39 is 0 Å². The second-order valence-corrected chi connectivity index (χ2v) is 7.51. The highest BCUT2D eigenvalue weighted by atomic mass is 16.2. The number of hydrogen-bond donors (Lipinski definition) is 1. The van der Waals surface area contributed by atoms with Crippen molar-refractivity contribution in [1.29, 1.82) is 0 Å². The molecule has 3 aromatic rings. The number of aromatic nitrogens is 2. The second kappa shape index (κ2) is 8.95. The lowest BCUT2D eigenvalue weighted by Gasteiger charge is -2.27. The maximum atomic E-state index is 12.6. The van der Waals surface area contributed by atoms with E-state index in [1.807, 2.05) is 65.3 Å². The number of rotatable bonds is 7. The van der Waals surface area contributed by atoms with Crippen molar-refractivity contribution in [3.63, 3.8) is 0 Å². The number of benzene rings is 2. The molecule has 1 N–H and O–H groups in total. The topological polar surface area (TPSA) is 67.2 Å². The molecule has 0 radical (unpaired) electrons. The summed E-state index contributed by atoms with van der Waals surface area (Å²) in [5.74, 6) is 0.838. The van der Waals surface area contributed by atoms with Crippen LogP contribution in [0.3, 0.4) is 0 Å². The van der Waals surface area contributed by atoms with E-state index >= 15 is 0 Å². The standard InChI is InChI=1S/C24H26N4O2/c1-2-3-14-25-24(30)20-11-9-18(10-12-20)17-27-22-16-21(19-7-5-4-6-8-19)26-28(22)15-13-23(27)29/h4-12,16H,2-3,13-15,17H2,1H3,(H,25,30). The maximum Gasteiger partial charge on any atom is 0.251 e. The summed E-state index contributed by atoms with van der Waals surface area (Å²) in [5.41, 5.74) is 3.51. The maximum absolute atomic E-state index is 12.6. The summed E-state index contributed by atoms with van der Waals surface area (Å²) >= 11 is 0. The van der Waals surface area contributed by atoms with Gasteiger partial charge in [0.15, 0.2) is 0 Å². The predicted molar refractivity (Wildman–Crippen MR) is 117 cm³/mol. The fraction of sp³-hybridized carbons (Fsp3) is 0.292. The molecule has 30 heavy (non-hydrogen) atoms. The lowest BCUT2D eigenvalue weighted by Crippen LogP contribution is -2.36. The van der Waals surface area contributed by atoms with Crippen molar-refractivity contribution in [1.82, 2.24) is 15.1 Å². The number of carbonyl (C=O) groups is 2. The summed E-state index contributed by atoms with van der Waals surface area (Å²) in [6, 6.07) is 19.4. The van der Waals surface area contributed by atoms with Crippen LogP contribution in [-0.2, 0) is 17.9 Å². The molecule has 0 bridgehead atoms. The Balaban J connectivity index is 1.50. The Morgan fingerprint density at radius 2 is 1.87 bits per heavy atom. The molecule has 2 aromatic carbocycles. The van der Waals surface area contributed by atoms with E-state index in [1.165, 1.54) is 0 Å². The van der Waals surface area contributed by atoms with Crippen LogP contribution >= 0.6 is 0 Å². The summed E-state index contributed by atoms with van der Waals surface area (Å²) in [6.45, 7) is 3.83. The molecule has 154 valence electrons. The number of nitrogens with zero attached hydrogens (tertiary/aromatic N) is 3. The zero-order valence-electron chi connectivity index (χ0n) is 17.2. The molecular weight excluding hydrogens is 376 g/mol. The zero-order chi connectivity index (χ0) is 20.9. The van der Waals surface area contributed by atoms with E-state index in [-0.39, 0.29) is 11.8 Å². The van der Waals surface area contributed by atoms with Gasteiger partial charge in [-0.25, -0.2) is 4.68 Å². The third-order valence-corrected chi connectivity index (χ3v) is 5.32. The Hall–Kier alpha value is -3.41. The van der Waals surface area contributed by atoms with E-state index in [4.69, 9.17) is 5.10 Å². The van der Waals surface area contributed by atoms with Crippen LogP contribution in [-0.4, -0.2) is 28.1 Å². The van der Waals surface area contributed by atoms with Gasteiger partial charge < -0.3 is 5.32 Å². The van der Waals surface area contributed by atoms with E-state index in [2.05, 4.69) is 12.2 Å². The zero-order valence-corrected chi connectivity index (χ0v) is 17.2. The van der Waals surface area contributed by atoms with Gasteiger partial charge in [0.25, 0.3) is 5.91 Å². The normalized spacial score (nSPS) is 13.2. The number of hydrogen-bond acceptors (Lipinski definition) is 3. The average Bonchev–Trinajstić information content (AvgIpc) is 3.22. The van der Waals surface area contributed by atoms with E-state index in [0.717, 1.165) is 35.5 Å². The Labute approximate surface area is 176 Å². The summed E-state index contributed by atoms with van der Waals surface area (Å²) in [5, 5.41) is 7.61. The smallest absolute Gasteiger partial charge is 0.251 e. The molecule has 4 rings (SSSR count). The van der Waals surface area contributed by atoms with E-state index in [1.54, 1.807) is 4.90 Å². The van der Waals surface area contributed by atoms with Crippen LogP contribution in [0.5, 0.6) is 0 Å². The number of anilines is 1. The van der Waals surface area contributed by atoms with Gasteiger partial charge in [-0.1, -0.05) is 55.8 Å². The number of fused-ring (bicyclic) bond motifs is 1. The molecule has 6 heteroatoms. The molecule has 2 heterocycles. The average molecular weight is 402 g/mol. The van der Waals surface area contributed by atoms with Crippen molar-refractivity contribution in [3.05, 3.63) is 71.8 Å². The molecule has 2 amide bonds. The van der Waals surface area contributed by atoms with Gasteiger partial charge in [-0.2, -0.15) is 5.10 Å². The highest BCUT2D eigenvalue weighted by molar-refractivity contribution is 5.95. The molecule has 1 aliphatic heterocycles. The quantitative estimate of drug-likeness (QED) is 0.607. The lowest BCUT2D eigenvalue weighted by atomic mass is 10.1. The minimum absolute atomic E-state index is 0.0605. The summed E-state index contributed by atoms with van der Waals surface area (Å²) in [4.78, 5) is 26.6. The molecule has 1 aliphatic rings. The first-order valence-corrected chi connectivity index (χ1v) is 10.5. The number of aryl methyl sites for hydroxylation is 1. The molecule has 0 saturated carbocycles. The Bertz CT molecular complexity index is 1030. The van der Waals surface area contributed by atoms with Crippen molar-refractivity contribution in [2.75, 3.05) is 11.4 Å². The predicted octanol–water partition coefficient (Wildman–Crippen LogP) is 4.02. The van der Waals surface area contributed by atoms with Crippen molar-refractivity contribution < 1.29 is 9.59 Å². The molecule has 0 aliphatic carbocycles. The van der Waals surface area contributed by atoms with Gasteiger partial charge in [0, 0.05) is 30.2 Å². The lowest BCUT2D eigenvalue weighted by molar-refractivity contribution is -0.119.